The molecule has 1 unspecified atom stereocenters. The Balaban J connectivity index is 1.78. The molecule has 1 N–H and O–H groups in total. The van der Waals surface area contributed by atoms with Crippen LogP contribution in [0.2, 0.25) is 0 Å². The molecule has 0 bridgehead atoms. The normalized spacial score (nSPS) is 20.6. The zero-order valence-corrected chi connectivity index (χ0v) is 12.5. The highest BCUT2D eigenvalue weighted by Gasteiger charge is 2.43. The molecule has 3 aromatic carbocycles. The van der Waals surface area contributed by atoms with Crippen LogP contribution in [0.1, 0.15) is 15.9 Å². The summed E-state index contributed by atoms with van der Waals surface area (Å²) in [6, 6.07) is 16.1. The van der Waals surface area contributed by atoms with E-state index in [1.54, 1.807) is 24.3 Å². The van der Waals surface area contributed by atoms with Crippen molar-refractivity contribution in [3.8, 4) is 17.2 Å². The maximum atomic E-state index is 12.2. The zero-order chi connectivity index (χ0) is 16.3. The van der Waals surface area contributed by atoms with E-state index in [1.165, 1.54) is 6.08 Å². The number of allylic oxidation sites excluding steroid dienone is 1. The summed E-state index contributed by atoms with van der Waals surface area (Å²) in [7, 11) is 0. The molecule has 0 radical (unpaired) electrons. The number of phenols is 1. The van der Waals surface area contributed by atoms with Gasteiger partial charge in [0.2, 0.25) is 0 Å². The summed E-state index contributed by atoms with van der Waals surface area (Å²) in [5, 5.41) is 11.5. The van der Waals surface area contributed by atoms with Gasteiger partial charge in [-0.3, -0.25) is 4.79 Å². The van der Waals surface area contributed by atoms with Crippen LogP contribution in [-0.4, -0.2) is 10.9 Å². The second-order valence-corrected chi connectivity index (χ2v) is 5.88. The number of phenolic OH excluding ortho intramolecular Hbond substituents is 1. The molecule has 0 saturated carbocycles. The topological polar surface area (TPSA) is 55.8 Å². The summed E-state index contributed by atoms with van der Waals surface area (Å²) in [5.74, 6) is 0.145. The van der Waals surface area contributed by atoms with Crippen molar-refractivity contribution in [1.82, 2.24) is 0 Å². The Labute approximate surface area is 137 Å². The highest BCUT2D eigenvalue weighted by atomic mass is 16.7. The van der Waals surface area contributed by atoms with Gasteiger partial charge in [-0.1, -0.05) is 36.4 Å². The Hall–Kier alpha value is -3.27. The Morgan fingerprint density at radius 2 is 1.67 bits per heavy atom. The van der Waals surface area contributed by atoms with Gasteiger partial charge in [0, 0.05) is 17.0 Å². The average Bonchev–Trinajstić information content (AvgIpc) is 2.62. The van der Waals surface area contributed by atoms with Gasteiger partial charge in [-0.05, 0) is 24.3 Å². The Kier molecular flexibility index (Phi) is 2.41. The first-order chi connectivity index (χ1) is 11.7. The number of carbonyl (C=O) groups excluding carboxylic acids is 1. The number of fused-ring (bicyclic) bond motifs is 2. The van der Waals surface area contributed by atoms with Gasteiger partial charge < -0.3 is 14.6 Å². The lowest BCUT2D eigenvalue weighted by Gasteiger charge is -2.39. The molecule has 116 valence electrons. The van der Waals surface area contributed by atoms with Crippen LogP contribution < -0.4 is 9.47 Å². The lowest BCUT2D eigenvalue weighted by molar-refractivity contribution is -0.0839. The summed E-state index contributed by atoms with van der Waals surface area (Å²) in [4.78, 5) is 12.2. The summed E-state index contributed by atoms with van der Waals surface area (Å²) in [5.41, 5.74) is 1.24. The number of benzene rings is 3. The van der Waals surface area contributed by atoms with Crippen LogP contribution in [0, 0.1) is 0 Å². The second-order valence-electron chi connectivity index (χ2n) is 5.88. The molecular formula is C20H12O4. The number of hydrogen-bond donors (Lipinski definition) is 1. The molecular weight excluding hydrogens is 304 g/mol. The molecule has 4 heteroatoms. The van der Waals surface area contributed by atoms with E-state index < -0.39 is 5.79 Å². The predicted octanol–water partition coefficient (Wildman–Crippen LogP) is 3.92. The van der Waals surface area contributed by atoms with Crippen molar-refractivity contribution in [1.29, 1.82) is 0 Å². The minimum Gasteiger partial charge on any atom is -0.507 e. The first-order valence-corrected chi connectivity index (χ1v) is 7.64. The third kappa shape index (κ3) is 1.60. The molecule has 0 fully saturated rings. The van der Waals surface area contributed by atoms with Gasteiger partial charge >= 0.3 is 0 Å². The van der Waals surface area contributed by atoms with Crippen molar-refractivity contribution in [3.05, 3.63) is 77.9 Å². The number of ether oxygens (including phenoxy) is 2. The molecule has 24 heavy (non-hydrogen) atoms. The second kappa shape index (κ2) is 4.38. The van der Waals surface area contributed by atoms with Crippen molar-refractivity contribution in [3.63, 3.8) is 0 Å². The highest BCUT2D eigenvalue weighted by Crippen LogP contribution is 2.48. The standard InChI is InChI=1S/C20H12O4/c21-15-8-9-18-19-13(15)5-3-7-17(19)23-20(24-18)11-10-16(22)12-4-1-2-6-14(12)20/h1-11,21H. The molecule has 4 nitrogen and oxygen atoms in total. The van der Waals surface area contributed by atoms with Crippen LogP contribution in [0.5, 0.6) is 17.2 Å². The predicted molar refractivity (Wildman–Crippen MR) is 88.5 cm³/mol. The van der Waals surface area contributed by atoms with Crippen molar-refractivity contribution in [2.75, 3.05) is 0 Å². The van der Waals surface area contributed by atoms with Crippen LogP contribution in [0.25, 0.3) is 10.8 Å². The van der Waals surface area contributed by atoms with Crippen molar-refractivity contribution < 1.29 is 19.4 Å². The average molecular weight is 316 g/mol. The first kappa shape index (κ1) is 13.2. The van der Waals surface area contributed by atoms with E-state index in [9.17, 15) is 9.90 Å². The molecule has 1 heterocycles. The molecule has 2 aliphatic rings. The SMILES string of the molecule is O=C1C=CC2(Oc3cccc4c(O)ccc(c34)O2)c2ccccc21. The number of carbonyl (C=O) groups is 1. The smallest absolute Gasteiger partial charge is 0.299 e. The van der Waals surface area contributed by atoms with Gasteiger partial charge in [0.1, 0.15) is 17.2 Å². The van der Waals surface area contributed by atoms with Crippen molar-refractivity contribution >= 4 is 16.6 Å². The van der Waals surface area contributed by atoms with Crippen molar-refractivity contribution in [2.24, 2.45) is 0 Å². The summed E-state index contributed by atoms with van der Waals surface area (Å²) < 4.78 is 12.4. The first-order valence-electron chi connectivity index (χ1n) is 7.64. The molecule has 1 aliphatic carbocycles. The number of rotatable bonds is 0. The van der Waals surface area contributed by atoms with E-state index in [1.807, 2.05) is 36.4 Å². The molecule has 5 rings (SSSR count). The maximum absolute atomic E-state index is 12.2. The third-order valence-corrected chi connectivity index (χ3v) is 4.49. The molecule has 1 spiro atoms. The van der Waals surface area contributed by atoms with Gasteiger partial charge in [0.05, 0.1) is 10.9 Å². The summed E-state index contributed by atoms with van der Waals surface area (Å²) in [6.07, 6.45) is 3.13. The monoisotopic (exact) mass is 316 g/mol. The maximum Gasteiger partial charge on any atom is 0.299 e. The molecule has 0 amide bonds. The number of aromatic hydroxyl groups is 1. The number of ketones is 1. The summed E-state index contributed by atoms with van der Waals surface area (Å²) >= 11 is 0. The van der Waals surface area contributed by atoms with E-state index in [-0.39, 0.29) is 11.5 Å². The Morgan fingerprint density at radius 3 is 2.54 bits per heavy atom. The fourth-order valence-corrected chi connectivity index (χ4v) is 3.39. The van der Waals surface area contributed by atoms with E-state index in [0.717, 1.165) is 5.39 Å². The van der Waals surface area contributed by atoms with Gasteiger partial charge in [-0.15, -0.1) is 0 Å². The van der Waals surface area contributed by atoms with Crippen LogP contribution in [0.3, 0.4) is 0 Å². The minimum absolute atomic E-state index is 0.0712. The number of hydrogen-bond acceptors (Lipinski definition) is 4. The lowest BCUT2D eigenvalue weighted by atomic mass is 9.90. The minimum atomic E-state index is -1.18. The Bertz CT molecular complexity index is 1040. The van der Waals surface area contributed by atoms with E-state index in [0.29, 0.717) is 28.0 Å². The van der Waals surface area contributed by atoms with E-state index >= 15 is 0 Å². The molecule has 0 aromatic heterocycles. The molecule has 3 aromatic rings. The molecule has 1 atom stereocenters. The van der Waals surface area contributed by atoms with Crippen LogP contribution in [0.4, 0.5) is 0 Å². The van der Waals surface area contributed by atoms with E-state index in [4.69, 9.17) is 9.47 Å². The van der Waals surface area contributed by atoms with Crippen LogP contribution in [0.15, 0.2) is 66.7 Å². The lowest BCUT2D eigenvalue weighted by Crippen LogP contribution is -2.42. The Morgan fingerprint density at radius 1 is 0.875 bits per heavy atom. The van der Waals surface area contributed by atoms with Gasteiger partial charge in [0.25, 0.3) is 5.79 Å². The van der Waals surface area contributed by atoms with Gasteiger partial charge in [0.15, 0.2) is 5.78 Å². The fourth-order valence-electron chi connectivity index (χ4n) is 3.39. The third-order valence-electron chi connectivity index (χ3n) is 4.49. The fraction of sp³-hybridized carbons (Fsp3) is 0.0500. The van der Waals surface area contributed by atoms with Crippen LogP contribution in [-0.2, 0) is 5.79 Å². The van der Waals surface area contributed by atoms with Gasteiger partial charge in [-0.2, -0.15) is 0 Å². The van der Waals surface area contributed by atoms with E-state index in [2.05, 4.69) is 0 Å². The summed E-state index contributed by atoms with van der Waals surface area (Å²) in [6.45, 7) is 0. The van der Waals surface area contributed by atoms with Crippen LogP contribution >= 0.6 is 0 Å². The largest absolute Gasteiger partial charge is 0.507 e. The molecule has 0 saturated heterocycles. The zero-order valence-electron chi connectivity index (χ0n) is 12.5. The van der Waals surface area contributed by atoms with Gasteiger partial charge in [-0.25, -0.2) is 0 Å². The highest BCUT2D eigenvalue weighted by molar-refractivity contribution is 6.07. The molecule has 1 aliphatic heterocycles. The quantitative estimate of drug-likeness (QED) is 0.683. The van der Waals surface area contributed by atoms with Crippen molar-refractivity contribution in [2.45, 2.75) is 5.79 Å².